The van der Waals surface area contributed by atoms with Crippen LogP contribution in [0.25, 0.3) is 0 Å². The Morgan fingerprint density at radius 3 is 2.44 bits per heavy atom. The first kappa shape index (κ1) is 19.5. The molecular weight excluding hydrogens is 418 g/mol. The van der Waals surface area contributed by atoms with E-state index in [4.69, 9.17) is 0 Å². The number of Topliss-reactive ketones (excluding diaryl/α,β-unsaturated/α-hetero) is 1. The van der Waals surface area contributed by atoms with Gasteiger partial charge in [0.1, 0.15) is 0 Å². The molecule has 0 spiro atoms. The summed E-state index contributed by atoms with van der Waals surface area (Å²) in [5.41, 5.74) is 2.39. The molecule has 2 bridgehead atoms. The number of benzene rings is 1. The first-order chi connectivity index (χ1) is 12.5. The summed E-state index contributed by atoms with van der Waals surface area (Å²) in [7, 11) is 0. The maximum atomic E-state index is 13.0. The SMILES string of the molecule is CC12CCC(C(=O)NNC(=O)c3cccc([N+](=O)[O-])c3)(C(Br)C1=O)C2(C)C. The third-order valence-electron chi connectivity index (χ3n) is 6.73. The lowest BCUT2D eigenvalue weighted by Crippen LogP contribution is -2.55. The van der Waals surface area contributed by atoms with Gasteiger partial charge in [0.25, 0.3) is 11.6 Å². The molecule has 0 heterocycles. The van der Waals surface area contributed by atoms with Crippen molar-refractivity contribution in [2.24, 2.45) is 16.2 Å². The summed E-state index contributed by atoms with van der Waals surface area (Å²) in [5, 5.41) is 10.8. The Labute approximate surface area is 164 Å². The maximum Gasteiger partial charge on any atom is 0.270 e. The number of nitrogens with zero attached hydrogens (tertiary/aromatic N) is 1. The molecule has 2 saturated carbocycles. The highest BCUT2D eigenvalue weighted by atomic mass is 79.9. The van der Waals surface area contributed by atoms with Crippen molar-refractivity contribution in [3.63, 3.8) is 0 Å². The van der Waals surface area contributed by atoms with Crippen LogP contribution in [0.15, 0.2) is 24.3 Å². The molecule has 2 aliphatic carbocycles. The number of hydrogen-bond donors (Lipinski definition) is 2. The van der Waals surface area contributed by atoms with E-state index in [1.165, 1.54) is 18.2 Å². The summed E-state index contributed by atoms with van der Waals surface area (Å²) in [5.74, 6) is -1.11. The fourth-order valence-electron chi connectivity index (χ4n) is 4.51. The summed E-state index contributed by atoms with van der Waals surface area (Å²) in [6.45, 7) is 5.69. The molecule has 27 heavy (non-hydrogen) atoms. The van der Waals surface area contributed by atoms with Crippen molar-refractivity contribution in [1.82, 2.24) is 10.9 Å². The van der Waals surface area contributed by atoms with Crippen molar-refractivity contribution in [1.29, 1.82) is 0 Å². The maximum absolute atomic E-state index is 13.0. The summed E-state index contributed by atoms with van der Waals surface area (Å²) >= 11 is 3.41. The third-order valence-corrected chi connectivity index (χ3v) is 7.93. The summed E-state index contributed by atoms with van der Waals surface area (Å²) in [4.78, 5) is 47.6. The van der Waals surface area contributed by atoms with E-state index >= 15 is 0 Å². The zero-order valence-corrected chi connectivity index (χ0v) is 16.8. The smallest absolute Gasteiger partial charge is 0.270 e. The van der Waals surface area contributed by atoms with Crippen molar-refractivity contribution in [3.8, 4) is 0 Å². The van der Waals surface area contributed by atoms with Gasteiger partial charge >= 0.3 is 0 Å². The van der Waals surface area contributed by atoms with Crippen LogP contribution in [-0.4, -0.2) is 27.3 Å². The zero-order chi connectivity index (χ0) is 20.2. The molecule has 1 aromatic rings. The molecule has 0 saturated heterocycles. The second-order valence-corrected chi connectivity index (χ2v) is 8.79. The van der Waals surface area contributed by atoms with Gasteiger partial charge in [0.05, 0.1) is 15.2 Å². The number of halogens is 1. The Morgan fingerprint density at radius 2 is 1.89 bits per heavy atom. The molecule has 2 fully saturated rings. The van der Waals surface area contributed by atoms with Crippen molar-refractivity contribution in [3.05, 3.63) is 39.9 Å². The quantitative estimate of drug-likeness (QED) is 0.427. The van der Waals surface area contributed by atoms with Crippen LogP contribution in [0, 0.1) is 26.4 Å². The summed E-state index contributed by atoms with van der Waals surface area (Å²) in [6, 6.07) is 5.21. The van der Waals surface area contributed by atoms with E-state index in [2.05, 4.69) is 26.8 Å². The van der Waals surface area contributed by atoms with Gasteiger partial charge in [-0.25, -0.2) is 0 Å². The minimum Gasteiger partial charge on any atom is -0.298 e. The molecule has 9 heteroatoms. The molecule has 144 valence electrons. The fraction of sp³-hybridized carbons (Fsp3) is 0.500. The lowest BCUT2D eigenvalue weighted by molar-refractivity contribution is -0.384. The molecular formula is C18H20BrN3O5. The van der Waals surface area contributed by atoms with Gasteiger partial charge in [0, 0.05) is 23.1 Å². The minimum absolute atomic E-state index is 0.00101. The second kappa shape index (κ2) is 6.12. The predicted octanol–water partition coefficient (Wildman–Crippen LogP) is 2.51. The van der Waals surface area contributed by atoms with E-state index in [1.54, 1.807) is 0 Å². The first-order valence-corrected chi connectivity index (χ1v) is 9.44. The summed E-state index contributed by atoms with van der Waals surface area (Å²) in [6.07, 6.45) is 1.13. The number of nitro benzene ring substituents is 1. The van der Waals surface area contributed by atoms with Crippen LogP contribution in [0.2, 0.25) is 0 Å². The van der Waals surface area contributed by atoms with Crippen LogP contribution >= 0.6 is 15.9 Å². The topological polar surface area (TPSA) is 118 Å². The number of ketones is 1. The van der Waals surface area contributed by atoms with Gasteiger partial charge in [-0.3, -0.25) is 35.3 Å². The highest BCUT2D eigenvalue weighted by molar-refractivity contribution is 9.10. The molecule has 2 N–H and O–H groups in total. The van der Waals surface area contributed by atoms with Crippen LogP contribution in [0.3, 0.4) is 0 Å². The Balaban J connectivity index is 1.78. The standard InChI is InChI=1S/C18H20BrN3O5/c1-16(2)17(3)7-8-18(16,12(19)13(17)23)15(25)21-20-14(24)10-5-4-6-11(9-10)22(26)27/h4-6,9,12H,7-8H2,1-3H3,(H,20,24)(H,21,25). The number of hydrazine groups is 1. The number of alkyl halides is 1. The second-order valence-electron chi connectivity index (χ2n) is 7.87. The van der Waals surface area contributed by atoms with Gasteiger partial charge in [-0.15, -0.1) is 0 Å². The van der Waals surface area contributed by atoms with Gasteiger partial charge in [-0.05, 0) is 24.3 Å². The van der Waals surface area contributed by atoms with Crippen molar-refractivity contribution < 1.29 is 19.3 Å². The van der Waals surface area contributed by atoms with Gasteiger partial charge in [-0.2, -0.15) is 0 Å². The Kier molecular flexibility index (Phi) is 4.41. The lowest BCUT2D eigenvalue weighted by atomic mass is 9.64. The number of carbonyl (C=O) groups excluding carboxylic acids is 3. The molecule has 0 aliphatic heterocycles. The number of hydrogen-bond acceptors (Lipinski definition) is 5. The monoisotopic (exact) mass is 437 g/mol. The molecule has 3 rings (SSSR count). The number of rotatable bonds is 3. The van der Waals surface area contributed by atoms with E-state index in [0.717, 1.165) is 6.07 Å². The van der Waals surface area contributed by atoms with E-state index in [-0.39, 0.29) is 17.0 Å². The Hall–Kier alpha value is -2.29. The van der Waals surface area contributed by atoms with Crippen LogP contribution in [0.1, 0.15) is 44.0 Å². The van der Waals surface area contributed by atoms with E-state index in [0.29, 0.717) is 12.8 Å². The number of carbonyl (C=O) groups is 3. The predicted molar refractivity (Wildman–Crippen MR) is 100.0 cm³/mol. The molecule has 3 unspecified atom stereocenters. The fourth-order valence-corrected chi connectivity index (χ4v) is 6.03. The highest BCUT2D eigenvalue weighted by Crippen LogP contribution is 2.72. The molecule has 2 aliphatic rings. The van der Waals surface area contributed by atoms with Crippen molar-refractivity contribution in [2.45, 2.75) is 38.4 Å². The molecule has 2 amide bonds. The lowest BCUT2D eigenvalue weighted by Gasteiger charge is -2.39. The molecule has 0 aromatic heterocycles. The van der Waals surface area contributed by atoms with Crippen LogP contribution < -0.4 is 10.9 Å². The molecule has 1 aromatic carbocycles. The molecule has 0 radical (unpaired) electrons. The first-order valence-electron chi connectivity index (χ1n) is 8.53. The van der Waals surface area contributed by atoms with Gasteiger partial charge in [0.2, 0.25) is 5.91 Å². The largest absolute Gasteiger partial charge is 0.298 e. The Morgan fingerprint density at radius 1 is 1.22 bits per heavy atom. The normalized spacial score (nSPS) is 30.8. The van der Waals surface area contributed by atoms with E-state index in [9.17, 15) is 24.5 Å². The number of fused-ring (bicyclic) bond motifs is 2. The number of non-ortho nitro benzene ring substituents is 1. The van der Waals surface area contributed by atoms with Gasteiger partial charge < -0.3 is 0 Å². The average Bonchev–Trinajstić information content (AvgIpc) is 2.91. The van der Waals surface area contributed by atoms with Crippen LogP contribution in [0.4, 0.5) is 5.69 Å². The van der Waals surface area contributed by atoms with E-state index in [1.807, 2.05) is 20.8 Å². The number of amides is 2. The zero-order valence-electron chi connectivity index (χ0n) is 15.2. The minimum atomic E-state index is -0.977. The summed E-state index contributed by atoms with van der Waals surface area (Å²) < 4.78 is 0. The average molecular weight is 438 g/mol. The van der Waals surface area contributed by atoms with Gasteiger partial charge in [-0.1, -0.05) is 42.8 Å². The van der Waals surface area contributed by atoms with Gasteiger partial charge in [0.15, 0.2) is 5.78 Å². The van der Waals surface area contributed by atoms with Crippen LogP contribution in [0.5, 0.6) is 0 Å². The van der Waals surface area contributed by atoms with Crippen molar-refractivity contribution in [2.75, 3.05) is 0 Å². The van der Waals surface area contributed by atoms with Crippen LogP contribution in [-0.2, 0) is 9.59 Å². The molecule has 3 atom stereocenters. The third kappa shape index (κ3) is 2.44. The number of nitrogens with one attached hydrogen (secondary N) is 2. The molecule has 8 nitrogen and oxygen atoms in total. The highest BCUT2D eigenvalue weighted by Gasteiger charge is 2.76. The number of nitro groups is 1. The van der Waals surface area contributed by atoms with E-state index < -0.39 is 37.8 Å². The van der Waals surface area contributed by atoms with Crippen molar-refractivity contribution >= 4 is 39.2 Å². The Bertz CT molecular complexity index is 870.